The van der Waals surface area contributed by atoms with Crippen molar-refractivity contribution in [1.29, 1.82) is 0 Å². The van der Waals surface area contributed by atoms with E-state index >= 15 is 0 Å². The zero-order valence-electron chi connectivity index (χ0n) is 19.4. The largest absolute Gasteiger partial charge is 0.507 e. The molecule has 0 radical (unpaired) electrons. The Morgan fingerprint density at radius 1 is 1.06 bits per heavy atom. The number of furan rings is 1. The summed E-state index contributed by atoms with van der Waals surface area (Å²) in [4.78, 5) is 27.7. The SMILES string of the molecule is CCOc1ccc(C2/C(=C(/O)c3cccc(OC(C)C)c3)C(=O)C(=O)N2Cc2ccco2)cc1. The highest BCUT2D eigenvalue weighted by atomic mass is 16.5. The van der Waals surface area contributed by atoms with Gasteiger partial charge in [0.2, 0.25) is 0 Å². The van der Waals surface area contributed by atoms with Gasteiger partial charge >= 0.3 is 0 Å². The minimum atomic E-state index is -0.796. The van der Waals surface area contributed by atoms with E-state index in [1.807, 2.05) is 20.8 Å². The number of benzene rings is 2. The van der Waals surface area contributed by atoms with Crippen LogP contribution < -0.4 is 9.47 Å². The molecule has 1 N–H and O–H groups in total. The third-order valence-corrected chi connectivity index (χ3v) is 5.43. The van der Waals surface area contributed by atoms with Crippen molar-refractivity contribution < 1.29 is 28.6 Å². The molecule has 34 heavy (non-hydrogen) atoms. The molecule has 7 nitrogen and oxygen atoms in total. The van der Waals surface area contributed by atoms with Crippen LogP contribution in [0.25, 0.3) is 5.76 Å². The highest BCUT2D eigenvalue weighted by Gasteiger charge is 2.46. The van der Waals surface area contributed by atoms with Crippen LogP contribution in [0.15, 0.2) is 76.9 Å². The molecule has 4 rings (SSSR count). The van der Waals surface area contributed by atoms with Crippen LogP contribution >= 0.6 is 0 Å². The molecular formula is C27H27NO6. The maximum atomic E-state index is 13.2. The van der Waals surface area contributed by atoms with Crippen LogP contribution in [-0.4, -0.2) is 34.4 Å². The summed E-state index contributed by atoms with van der Waals surface area (Å²) in [6.45, 7) is 6.30. The first-order chi connectivity index (χ1) is 16.4. The van der Waals surface area contributed by atoms with Crippen molar-refractivity contribution in [2.24, 2.45) is 0 Å². The number of ether oxygens (including phenoxy) is 2. The van der Waals surface area contributed by atoms with E-state index in [-0.39, 0.29) is 24.0 Å². The zero-order valence-corrected chi connectivity index (χ0v) is 19.4. The summed E-state index contributed by atoms with van der Waals surface area (Å²) in [5, 5.41) is 11.3. The third kappa shape index (κ3) is 4.69. The fourth-order valence-electron chi connectivity index (χ4n) is 4.02. The Bertz CT molecular complexity index is 1190. The van der Waals surface area contributed by atoms with Crippen LogP contribution in [0.3, 0.4) is 0 Å². The molecule has 7 heteroatoms. The van der Waals surface area contributed by atoms with Gasteiger partial charge in [-0.2, -0.15) is 0 Å². The first-order valence-corrected chi connectivity index (χ1v) is 11.2. The number of aliphatic hydroxyl groups excluding tert-OH is 1. The van der Waals surface area contributed by atoms with E-state index in [2.05, 4.69) is 0 Å². The van der Waals surface area contributed by atoms with E-state index in [4.69, 9.17) is 13.9 Å². The molecule has 0 spiro atoms. The van der Waals surface area contributed by atoms with Gasteiger partial charge in [0.05, 0.1) is 37.1 Å². The summed E-state index contributed by atoms with van der Waals surface area (Å²) in [5.41, 5.74) is 1.08. The van der Waals surface area contributed by atoms with Gasteiger partial charge in [0.25, 0.3) is 11.7 Å². The molecule has 3 aromatic rings. The van der Waals surface area contributed by atoms with Crippen molar-refractivity contribution in [3.05, 3.63) is 89.4 Å². The van der Waals surface area contributed by atoms with Gasteiger partial charge in [-0.15, -0.1) is 0 Å². The summed E-state index contributed by atoms with van der Waals surface area (Å²) in [5.74, 6) is 0.0531. The fraction of sp³-hybridized carbons (Fsp3) is 0.259. The molecular weight excluding hydrogens is 434 g/mol. The quantitative estimate of drug-likeness (QED) is 0.286. The van der Waals surface area contributed by atoms with E-state index in [9.17, 15) is 14.7 Å². The molecule has 1 fully saturated rings. The number of carbonyl (C=O) groups is 2. The molecule has 1 unspecified atom stereocenters. The number of hydrogen-bond acceptors (Lipinski definition) is 6. The zero-order chi connectivity index (χ0) is 24.2. The summed E-state index contributed by atoms with van der Waals surface area (Å²) < 4.78 is 16.7. The Morgan fingerprint density at radius 3 is 2.47 bits per heavy atom. The van der Waals surface area contributed by atoms with Crippen LogP contribution in [0.5, 0.6) is 11.5 Å². The van der Waals surface area contributed by atoms with E-state index in [0.717, 1.165) is 0 Å². The van der Waals surface area contributed by atoms with Crippen molar-refractivity contribution in [3.63, 3.8) is 0 Å². The minimum Gasteiger partial charge on any atom is -0.507 e. The highest BCUT2D eigenvalue weighted by molar-refractivity contribution is 6.46. The van der Waals surface area contributed by atoms with Crippen molar-refractivity contribution in [3.8, 4) is 11.5 Å². The van der Waals surface area contributed by atoms with Crippen LogP contribution in [0, 0.1) is 0 Å². The Hall–Kier alpha value is -4.00. The maximum absolute atomic E-state index is 13.2. The number of nitrogens with zero attached hydrogens (tertiary/aromatic N) is 1. The lowest BCUT2D eigenvalue weighted by Gasteiger charge is -2.24. The van der Waals surface area contributed by atoms with Crippen LogP contribution in [0.1, 0.15) is 43.7 Å². The Balaban J connectivity index is 1.81. The van der Waals surface area contributed by atoms with Gasteiger partial charge in [0.15, 0.2) is 0 Å². The molecule has 0 saturated carbocycles. The van der Waals surface area contributed by atoms with Crippen LogP contribution in [-0.2, 0) is 16.1 Å². The number of carbonyl (C=O) groups excluding carboxylic acids is 2. The first kappa shape index (κ1) is 23.2. The molecule has 1 saturated heterocycles. The second-order valence-electron chi connectivity index (χ2n) is 8.20. The molecule has 1 aliphatic rings. The third-order valence-electron chi connectivity index (χ3n) is 5.43. The number of hydrogen-bond donors (Lipinski definition) is 1. The van der Waals surface area contributed by atoms with Crippen molar-refractivity contribution >= 4 is 17.4 Å². The molecule has 1 aliphatic heterocycles. The van der Waals surface area contributed by atoms with Gasteiger partial charge in [0, 0.05) is 5.56 Å². The minimum absolute atomic E-state index is 0.0161. The summed E-state index contributed by atoms with van der Waals surface area (Å²) >= 11 is 0. The standard InChI is InChI=1S/C27H27NO6/c1-4-32-20-12-10-18(11-13-20)24-23(25(29)19-7-5-8-21(15-19)34-17(2)3)26(30)27(31)28(24)16-22-9-6-14-33-22/h5-15,17,24,29H,4,16H2,1-3H3/b25-23-. The number of amides is 1. The summed E-state index contributed by atoms with van der Waals surface area (Å²) in [7, 11) is 0. The normalized spacial score (nSPS) is 17.4. The van der Waals surface area contributed by atoms with E-state index in [0.29, 0.717) is 35.0 Å². The van der Waals surface area contributed by atoms with E-state index in [1.54, 1.807) is 60.7 Å². The van der Waals surface area contributed by atoms with E-state index < -0.39 is 17.7 Å². The summed E-state index contributed by atoms with van der Waals surface area (Å²) in [6, 6.07) is 16.7. The maximum Gasteiger partial charge on any atom is 0.296 e. The number of ketones is 1. The molecule has 1 amide bonds. The van der Waals surface area contributed by atoms with Gasteiger partial charge in [-0.3, -0.25) is 9.59 Å². The van der Waals surface area contributed by atoms with Crippen LogP contribution in [0.4, 0.5) is 0 Å². The van der Waals surface area contributed by atoms with Gasteiger partial charge in [-0.05, 0) is 62.7 Å². The number of aliphatic hydroxyl groups is 1. The second kappa shape index (κ2) is 9.87. The molecule has 1 atom stereocenters. The van der Waals surface area contributed by atoms with Crippen LogP contribution in [0.2, 0.25) is 0 Å². The van der Waals surface area contributed by atoms with E-state index in [1.165, 1.54) is 11.2 Å². The number of likely N-dealkylation sites (tertiary alicyclic amines) is 1. The van der Waals surface area contributed by atoms with Crippen molar-refractivity contribution in [2.45, 2.75) is 39.5 Å². The lowest BCUT2D eigenvalue weighted by molar-refractivity contribution is -0.140. The molecule has 1 aromatic heterocycles. The molecule has 0 bridgehead atoms. The highest BCUT2D eigenvalue weighted by Crippen LogP contribution is 2.41. The Morgan fingerprint density at radius 2 is 1.82 bits per heavy atom. The average molecular weight is 462 g/mol. The predicted molar refractivity (Wildman–Crippen MR) is 126 cm³/mol. The lowest BCUT2D eigenvalue weighted by Crippen LogP contribution is -2.29. The van der Waals surface area contributed by atoms with Gasteiger partial charge in [0.1, 0.15) is 23.0 Å². The number of rotatable bonds is 8. The smallest absolute Gasteiger partial charge is 0.296 e. The van der Waals surface area contributed by atoms with Gasteiger partial charge in [-0.25, -0.2) is 0 Å². The molecule has 0 aliphatic carbocycles. The monoisotopic (exact) mass is 461 g/mol. The second-order valence-corrected chi connectivity index (χ2v) is 8.20. The molecule has 176 valence electrons. The van der Waals surface area contributed by atoms with Crippen molar-refractivity contribution in [1.82, 2.24) is 4.90 Å². The van der Waals surface area contributed by atoms with Crippen molar-refractivity contribution in [2.75, 3.05) is 6.61 Å². The first-order valence-electron chi connectivity index (χ1n) is 11.2. The van der Waals surface area contributed by atoms with Gasteiger partial charge in [-0.1, -0.05) is 24.3 Å². The summed E-state index contributed by atoms with van der Waals surface area (Å²) in [6.07, 6.45) is 1.46. The Labute approximate surface area is 198 Å². The Kier molecular flexibility index (Phi) is 6.72. The number of Topliss-reactive ketones (excluding diaryl/α,β-unsaturated/α-hetero) is 1. The van der Waals surface area contributed by atoms with Gasteiger partial charge < -0.3 is 23.9 Å². The average Bonchev–Trinajstić information content (AvgIpc) is 3.42. The molecule has 2 heterocycles. The lowest BCUT2D eigenvalue weighted by atomic mass is 9.95. The predicted octanol–water partition coefficient (Wildman–Crippen LogP) is 5.09. The fourth-order valence-corrected chi connectivity index (χ4v) is 4.02. The topological polar surface area (TPSA) is 89.2 Å². The molecule has 2 aromatic carbocycles.